The third kappa shape index (κ3) is 3.83. The van der Waals surface area contributed by atoms with Gasteiger partial charge in [0.05, 0.1) is 16.5 Å². The van der Waals surface area contributed by atoms with E-state index < -0.39 is 34.3 Å². The number of rotatable bonds is 4. The molecule has 0 aliphatic carbocycles. The predicted octanol–water partition coefficient (Wildman–Crippen LogP) is 4.42. The minimum Gasteiger partial charge on any atom is -0.323 e. The summed E-state index contributed by atoms with van der Waals surface area (Å²) in [5.41, 5.74) is 2.33. The first-order valence-corrected chi connectivity index (χ1v) is 8.54. The van der Waals surface area contributed by atoms with Crippen molar-refractivity contribution in [3.05, 3.63) is 52.0 Å². The van der Waals surface area contributed by atoms with E-state index in [1.807, 2.05) is 6.92 Å². The molecule has 1 aromatic heterocycles. The van der Waals surface area contributed by atoms with Crippen LogP contribution in [0.4, 0.5) is 18.9 Å². The molecule has 1 amide bonds. The standard InChI is InChI=1S/C18H16F3N3OS/c1-8-9(2)12(7-22)18(23-10(8)3)26-11(4)17(25)24-14-6-5-13(19)15(20)16(14)21/h5-6,11H,1-4H3,(H,24,25)/t11-/m1/s1. The van der Waals surface area contributed by atoms with Gasteiger partial charge >= 0.3 is 0 Å². The smallest absolute Gasteiger partial charge is 0.237 e. The van der Waals surface area contributed by atoms with Crippen LogP contribution in [0.2, 0.25) is 0 Å². The number of nitrogens with one attached hydrogen (secondary N) is 1. The molecule has 0 aliphatic rings. The molecule has 0 saturated carbocycles. The van der Waals surface area contributed by atoms with Crippen LogP contribution >= 0.6 is 11.8 Å². The molecule has 1 heterocycles. The lowest BCUT2D eigenvalue weighted by atomic mass is 10.1. The minimum atomic E-state index is -1.65. The van der Waals surface area contributed by atoms with Gasteiger partial charge < -0.3 is 5.32 Å². The highest BCUT2D eigenvalue weighted by atomic mass is 32.2. The average Bonchev–Trinajstić information content (AvgIpc) is 2.60. The second-order valence-electron chi connectivity index (χ2n) is 5.71. The van der Waals surface area contributed by atoms with Crippen molar-refractivity contribution < 1.29 is 18.0 Å². The van der Waals surface area contributed by atoms with Crippen molar-refractivity contribution in [3.63, 3.8) is 0 Å². The van der Waals surface area contributed by atoms with Crippen LogP contribution in [0.25, 0.3) is 0 Å². The Labute approximate surface area is 153 Å². The first-order valence-electron chi connectivity index (χ1n) is 7.66. The van der Waals surface area contributed by atoms with Crippen LogP contribution in [-0.2, 0) is 4.79 Å². The molecule has 0 fully saturated rings. The van der Waals surface area contributed by atoms with E-state index in [4.69, 9.17) is 0 Å². The summed E-state index contributed by atoms with van der Waals surface area (Å²) < 4.78 is 39.9. The fourth-order valence-corrected chi connectivity index (χ4v) is 3.21. The fraction of sp³-hybridized carbons (Fsp3) is 0.278. The van der Waals surface area contributed by atoms with Gasteiger partial charge in [0.25, 0.3) is 0 Å². The van der Waals surface area contributed by atoms with E-state index in [9.17, 15) is 23.2 Å². The maximum atomic E-state index is 13.7. The van der Waals surface area contributed by atoms with Gasteiger partial charge in [0.1, 0.15) is 11.1 Å². The summed E-state index contributed by atoms with van der Waals surface area (Å²) in [7, 11) is 0. The number of benzene rings is 1. The molecule has 0 spiro atoms. The molecular weight excluding hydrogens is 363 g/mol. The zero-order chi connectivity index (χ0) is 19.6. The van der Waals surface area contributed by atoms with Gasteiger partial charge in [-0.05, 0) is 51.0 Å². The number of pyridine rings is 1. The maximum Gasteiger partial charge on any atom is 0.237 e. The fourth-order valence-electron chi connectivity index (χ4n) is 2.21. The topological polar surface area (TPSA) is 65.8 Å². The van der Waals surface area contributed by atoms with Crippen molar-refractivity contribution >= 4 is 23.4 Å². The SMILES string of the molecule is Cc1nc(S[C@H](C)C(=O)Nc2ccc(F)c(F)c2F)c(C#N)c(C)c1C. The Morgan fingerprint density at radius 1 is 1.19 bits per heavy atom. The van der Waals surface area contributed by atoms with Crippen LogP contribution in [0.3, 0.4) is 0 Å². The van der Waals surface area contributed by atoms with Gasteiger partial charge in [-0.2, -0.15) is 5.26 Å². The summed E-state index contributed by atoms with van der Waals surface area (Å²) in [5.74, 6) is -5.08. The number of aryl methyl sites for hydroxylation is 1. The molecule has 26 heavy (non-hydrogen) atoms. The van der Waals surface area contributed by atoms with Gasteiger partial charge in [-0.1, -0.05) is 11.8 Å². The van der Waals surface area contributed by atoms with Crippen LogP contribution in [-0.4, -0.2) is 16.1 Å². The molecule has 0 aliphatic heterocycles. The Morgan fingerprint density at radius 3 is 2.46 bits per heavy atom. The first kappa shape index (κ1) is 19.8. The Morgan fingerprint density at radius 2 is 1.85 bits per heavy atom. The van der Waals surface area contributed by atoms with E-state index in [2.05, 4.69) is 16.4 Å². The van der Waals surface area contributed by atoms with Gasteiger partial charge in [0.15, 0.2) is 17.5 Å². The lowest BCUT2D eigenvalue weighted by molar-refractivity contribution is -0.115. The molecule has 0 saturated heterocycles. The molecule has 2 rings (SSSR count). The molecule has 1 aromatic carbocycles. The number of nitriles is 1. The van der Waals surface area contributed by atoms with Gasteiger partial charge in [0.2, 0.25) is 5.91 Å². The number of aromatic nitrogens is 1. The highest BCUT2D eigenvalue weighted by Crippen LogP contribution is 2.30. The van der Waals surface area contributed by atoms with Gasteiger partial charge in [0, 0.05) is 5.69 Å². The number of anilines is 1. The van der Waals surface area contributed by atoms with E-state index in [0.29, 0.717) is 10.6 Å². The van der Waals surface area contributed by atoms with Crippen LogP contribution < -0.4 is 5.32 Å². The van der Waals surface area contributed by atoms with Crippen LogP contribution in [0.1, 0.15) is 29.3 Å². The van der Waals surface area contributed by atoms with Crippen molar-refractivity contribution in [1.29, 1.82) is 5.26 Å². The molecule has 0 radical (unpaired) electrons. The summed E-state index contributed by atoms with van der Waals surface area (Å²) in [4.78, 5) is 16.6. The molecule has 1 atom stereocenters. The van der Waals surface area contributed by atoms with E-state index >= 15 is 0 Å². The number of thioether (sulfide) groups is 1. The maximum absolute atomic E-state index is 13.7. The van der Waals surface area contributed by atoms with Crippen molar-refractivity contribution in [2.24, 2.45) is 0 Å². The monoisotopic (exact) mass is 379 g/mol. The van der Waals surface area contributed by atoms with Gasteiger partial charge in [-0.3, -0.25) is 4.79 Å². The number of carbonyl (C=O) groups is 1. The summed E-state index contributed by atoms with van der Waals surface area (Å²) in [5, 5.41) is 11.2. The van der Waals surface area contributed by atoms with Crippen molar-refractivity contribution in [3.8, 4) is 6.07 Å². The van der Waals surface area contributed by atoms with Crippen LogP contribution in [0.15, 0.2) is 17.2 Å². The Hall–Kier alpha value is -2.53. The lowest BCUT2D eigenvalue weighted by Crippen LogP contribution is -2.23. The molecule has 0 unspecified atom stereocenters. The molecular formula is C18H16F3N3OS. The zero-order valence-electron chi connectivity index (χ0n) is 14.6. The van der Waals surface area contributed by atoms with E-state index in [0.717, 1.165) is 40.7 Å². The Balaban J connectivity index is 2.23. The second kappa shape index (κ2) is 7.79. The Kier molecular flexibility index (Phi) is 5.93. The van der Waals surface area contributed by atoms with Gasteiger partial charge in [-0.15, -0.1) is 0 Å². The predicted molar refractivity (Wildman–Crippen MR) is 93.4 cm³/mol. The highest BCUT2D eigenvalue weighted by molar-refractivity contribution is 8.00. The first-order chi connectivity index (χ1) is 12.2. The van der Waals surface area contributed by atoms with Crippen LogP contribution in [0.5, 0.6) is 0 Å². The quantitative estimate of drug-likeness (QED) is 0.631. The van der Waals surface area contributed by atoms with Crippen molar-refractivity contribution in [2.75, 3.05) is 5.32 Å². The third-order valence-electron chi connectivity index (χ3n) is 4.03. The van der Waals surface area contributed by atoms with E-state index in [1.54, 1.807) is 20.8 Å². The number of nitrogens with zero attached hydrogens (tertiary/aromatic N) is 2. The molecule has 4 nitrogen and oxygen atoms in total. The summed E-state index contributed by atoms with van der Waals surface area (Å²) in [6.45, 7) is 7.00. The molecule has 0 bridgehead atoms. The minimum absolute atomic E-state index is 0.372. The Bertz CT molecular complexity index is 925. The molecule has 1 N–H and O–H groups in total. The number of amides is 1. The summed E-state index contributed by atoms with van der Waals surface area (Å²) in [6.07, 6.45) is 0. The number of halogens is 3. The molecule has 8 heteroatoms. The van der Waals surface area contributed by atoms with Crippen LogP contribution in [0, 0.1) is 49.6 Å². The number of hydrogen-bond acceptors (Lipinski definition) is 4. The van der Waals surface area contributed by atoms with Crippen molar-refractivity contribution in [1.82, 2.24) is 4.98 Å². The third-order valence-corrected chi connectivity index (χ3v) is 5.11. The lowest BCUT2D eigenvalue weighted by Gasteiger charge is -2.15. The zero-order valence-corrected chi connectivity index (χ0v) is 15.4. The van der Waals surface area contributed by atoms with E-state index in [1.165, 1.54) is 0 Å². The normalized spacial score (nSPS) is 11.8. The average molecular weight is 379 g/mol. The largest absolute Gasteiger partial charge is 0.323 e. The number of hydrogen-bond donors (Lipinski definition) is 1. The molecule has 136 valence electrons. The summed E-state index contributed by atoms with van der Waals surface area (Å²) >= 11 is 1.04. The van der Waals surface area contributed by atoms with Crippen molar-refractivity contribution in [2.45, 2.75) is 38.0 Å². The summed E-state index contributed by atoms with van der Waals surface area (Å²) in [6, 6.07) is 3.76. The number of carbonyl (C=O) groups excluding carboxylic acids is 1. The van der Waals surface area contributed by atoms with E-state index in [-0.39, 0.29) is 0 Å². The van der Waals surface area contributed by atoms with Gasteiger partial charge in [-0.25, -0.2) is 18.2 Å². The molecule has 2 aromatic rings. The second-order valence-corrected chi connectivity index (χ2v) is 7.04. The highest BCUT2D eigenvalue weighted by Gasteiger charge is 2.22.